The monoisotopic (exact) mass is 959 g/mol. The molecule has 0 radical (unpaired) electrons. The number of aromatic nitrogens is 7. The molecular formula is C51H55F2N9O6S. The van der Waals surface area contributed by atoms with Crippen molar-refractivity contribution in [2.45, 2.75) is 120 Å². The van der Waals surface area contributed by atoms with Crippen molar-refractivity contribution in [2.24, 2.45) is 10.3 Å². The first kappa shape index (κ1) is 45.1. The van der Waals surface area contributed by atoms with Crippen LogP contribution in [0.4, 0.5) is 8.78 Å². The lowest BCUT2D eigenvalue weighted by Gasteiger charge is -2.35. The number of ether oxygens (including phenoxy) is 1. The third-order valence-electron chi connectivity index (χ3n) is 15.3. The van der Waals surface area contributed by atoms with Gasteiger partial charge in [0.05, 0.1) is 43.3 Å². The molecule has 360 valence electrons. The number of carbonyl (C=O) groups is 1. The van der Waals surface area contributed by atoms with Crippen LogP contribution in [0.15, 0.2) is 84.3 Å². The van der Waals surface area contributed by atoms with Crippen LogP contribution in [0.3, 0.4) is 0 Å². The molecule has 0 bridgehead atoms. The molecule has 4 aliphatic rings. The lowest BCUT2D eigenvalue weighted by atomic mass is 9.83. The molecule has 2 aliphatic heterocycles. The Hall–Kier alpha value is -6.40. The first-order valence-electron chi connectivity index (χ1n) is 23.7. The zero-order valence-corrected chi connectivity index (χ0v) is 40.7. The minimum Gasteiger partial charge on any atom is -0.376 e. The van der Waals surface area contributed by atoms with E-state index >= 15 is 13.6 Å². The Morgan fingerprint density at radius 1 is 0.942 bits per heavy atom. The molecule has 18 heteroatoms. The largest absolute Gasteiger partial charge is 0.438 e. The topological polar surface area (TPSA) is 168 Å². The number of hydrogen-bond donors (Lipinski definition) is 1. The van der Waals surface area contributed by atoms with Crippen LogP contribution < -0.4 is 11.4 Å². The van der Waals surface area contributed by atoms with Gasteiger partial charge in [-0.25, -0.2) is 31.6 Å². The summed E-state index contributed by atoms with van der Waals surface area (Å²) >= 11 is 0. The van der Waals surface area contributed by atoms with Gasteiger partial charge in [0, 0.05) is 66.3 Å². The Kier molecular flexibility index (Phi) is 10.3. The maximum Gasteiger partial charge on any atom is 0.438 e. The number of imidazole rings is 1. The number of hydrogen-bond acceptors (Lipinski definition) is 9. The number of halogens is 2. The zero-order chi connectivity index (χ0) is 48.6. The molecule has 6 heterocycles. The minimum atomic E-state index is -2.85. The lowest BCUT2D eigenvalue weighted by molar-refractivity contribution is -0.0592. The number of amides is 1. The third kappa shape index (κ3) is 6.94. The maximum absolute atomic E-state index is 16.5. The normalized spacial score (nSPS) is 23.0. The van der Waals surface area contributed by atoms with Crippen LogP contribution in [0.2, 0.25) is 0 Å². The van der Waals surface area contributed by atoms with Gasteiger partial charge in [-0.1, -0.05) is 18.1 Å². The van der Waals surface area contributed by atoms with Crippen LogP contribution in [0.5, 0.6) is 0 Å². The summed E-state index contributed by atoms with van der Waals surface area (Å²) in [6.45, 7) is 14.0. The second-order valence-corrected chi connectivity index (χ2v) is 22.8. The van der Waals surface area contributed by atoms with Gasteiger partial charge in [-0.15, -0.1) is 0 Å². The average molecular weight is 960 g/mol. The van der Waals surface area contributed by atoms with E-state index in [4.69, 9.17) is 14.4 Å². The van der Waals surface area contributed by atoms with Gasteiger partial charge in [0.25, 0.3) is 5.91 Å². The molecule has 3 fully saturated rings. The number of rotatable bonds is 9. The van der Waals surface area contributed by atoms with Crippen LogP contribution in [-0.2, 0) is 26.4 Å². The molecule has 2 aliphatic carbocycles. The average Bonchev–Trinajstić information content (AvgIpc) is 4.05. The van der Waals surface area contributed by atoms with Crippen LogP contribution in [0, 0.1) is 38.3 Å². The summed E-state index contributed by atoms with van der Waals surface area (Å²) in [4.78, 5) is 47.8. The standard InChI is InChI=1S/C51H55F2N9O6S/c1-27-21-35(22-28(2)43(27)52)62-45(60-19-18-59(49(60)65)39-13-14-41(30(4)44(39)53)69(66,54-8)36-10-11-36)42-31(5)58(17-15-37(42)56-62)46(63)40-24-34-23-32(33-16-20-67-50(6,7)26-33)9-12-38(34)61(40)51(25-29(51)3)47-55-48(64)68-57-47/h9,12-14,18-19,21-24,29,31,33,36H,10-11,15-17,20,25-26H2,1-8H3,(H,55,57,64)/t29-,31-,33?,51-,69?/m0/s1. The lowest BCUT2D eigenvalue weighted by Crippen LogP contribution is -2.41. The van der Waals surface area contributed by atoms with E-state index in [1.807, 2.05) is 17.6 Å². The van der Waals surface area contributed by atoms with Gasteiger partial charge in [0.1, 0.15) is 22.9 Å². The quantitative estimate of drug-likeness (QED) is 0.150. The fourth-order valence-corrected chi connectivity index (χ4v) is 13.8. The number of carbonyl (C=O) groups excluding carboxylic acids is 1. The van der Waals surface area contributed by atoms with E-state index in [0.29, 0.717) is 69.8 Å². The number of fused-ring (bicyclic) bond motifs is 2. The third-order valence-corrected chi connectivity index (χ3v) is 18.2. The van der Waals surface area contributed by atoms with Crippen molar-refractivity contribution in [1.29, 1.82) is 0 Å². The molecule has 2 unspecified atom stereocenters. The van der Waals surface area contributed by atoms with Crippen LogP contribution >= 0.6 is 0 Å². The van der Waals surface area contributed by atoms with E-state index in [1.165, 1.54) is 34.6 Å². The first-order chi connectivity index (χ1) is 32.9. The first-order valence-corrected chi connectivity index (χ1v) is 25.2. The van der Waals surface area contributed by atoms with Gasteiger partial charge in [-0.05, 0) is 145 Å². The summed E-state index contributed by atoms with van der Waals surface area (Å²) in [5.41, 5.74) is 3.23. The van der Waals surface area contributed by atoms with Crippen molar-refractivity contribution >= 4 is 26.5 Å². The highest BCUT2D eigenvalue weighted by Gasteiger charge is 2.59. The SMILES string of the molecule is CN=S(=O)(c1ccc(-n2ccn(-c3c4c(nn3-c3cc(C)c(F)c(C)c3)CCN(C(=O)c3cc5cc(C6CCOC(C)(C)C6)ccc5n3[C@@]3(c5noc(=O)[nH]5)C[C@@H]3C)[C@H]4C)c2=O)c(F)c1C)C1CC1. The summed E-state index contributed by atoms with van der Waals surface area (Å²) in [5, 5.41) is 9.98. The van der Waals surface area contributed by atoms with Crippen LogP contribution in [0.25, 0.3) is 28.1 Å². The molecule has 1 amide bonds. The van der Waals surface area contributed by atoms with E-state index < -0.39 is 38.6 Å². The highest BCUT2D eigenvalue weighted by molar-refractivity contribution is 7.94. The molecule has 11 rings (SSSR count). The molecule has 2 saturated carbocycles. The van der Waals surface area contributed by atoms with Crippen molar-refractivity contribution in [3.63, 3.8) is 0 Å². The second-order valence-electron chi connectivity index (χ2n) is 20.2. The summed E-state index contributed by atoms with van der Waals surface area (Å²) in [5.74, 6) is -1.12. The Morgan fingerprint density at radius 3 is 2.32 bits per heavy atom. The van der Waals surface area contributed by atoms with Gasteiger partial charge in [0.15, 0.2) is 11.6 Å². The van der Waals surface area contributed by atoms with E-state index in [9.17, 15) is 13.8 Å². The van der Waals surface area contributed by atoms with E-state index in [2.05, 4.69) is 53.5 Å². The molecule has 3 aromatic carbocycles. The Labute approximate surface area is 397 Å². The minimum absolute atomic E-state index is 0.0149. The van der Waals surface area contributed by atoms with E-state index in [1.54, 1.807) is 48.6 Å². The molecule has 69 heavy (non-hydrogen) atoms. The molecule has 0 spiro atoms. The van der Waals surface area contributed by atoms with Gasteiger partial charge in [-0.3, -0.25) is 23.4 Å². The number of nitrogens with one attached hydrogen (secondary N) is 1. The molecule has 4 aromatic heterocycles. The fraction of sp³-hybridized carbons (Fsp3) is 0.431. The fourth-order valence-electron chi connectivity index (χ4n) is 11.4. The summed E-state index contributed by atoms with van der Waals surface area (Å²) in [6.07, 6.45) is 7.14. The van der Waals surface area contributed by atoms with Gasteiger partial charge >= 0.3 is 11.4 Å². The van der Waals surface area contributed by atoms with Crippen molar-refractivity contribution < 1.29 is 27.0 Å². The Morgan fingerprint density at radius 2 is 1.67 bits per heavy atom. The molecule has 1 saturated heterocycles. The summed E-state index contributed by atoms with van der Waals surface area (Å²) < 4.78 is 67.2. The predicted molar refractivity (Wildman–Crippen MR) is 255 cm³/mol. The van der Waals surface area contributed by atoms with Crippen molar-refractivity contribution in [1.82, 2.24) is 38.5 Å². The molecule has 1 N–H and O–H groups in total. The van der Waals surface area contributed by atoms with E-state index in [0.717, 1.165) is 42.1 Å². The van der Waals surface area contributed by atoms with E-state index in [-0.39, 0.29) is 52.2 Å². The number of aromatic amines is 1. The smallest absolute Gasteiger partial charge is 0.376 e. The Balaban J connectivity index is 1.05. The number of benzene rings is 3. The van der Waals surface area contributed by atoms with Gasteiger partial charge in [-0.2, -0.15) is 5.10 Å². The summed E-state index contributed by atoms with van der Waals surface area (Å²) in [7, 11) is -1.35. The highest BCUT2D eigenvalue weighted by Crippen LogP contribution is 2.56. The number of nitrogens with zero attached hydrogens (tertiary/aromatic N) is 8. The van der Waals surface area contributed by atoms with Crippen LogP contribution in [-0.4, -0.2) is 79.7 Å². The van der Waals surface area contributed by atoms with Gasteiger partial charge in [0.2, 0.25) is 0 Å². The predicted octanol–water partition coefficient (Wildman–Crippen LogP) is 8.48. The molecule has 5 atom stereocenters. The van der Waals surface area contributed by atoms with Crippen molar-refractivity contribution in [3.8, 4) is 17.2 Å². The highest BCUT2D eigenvalue weighted by atomic mass is 32.2. The molecule has 7 aromatic rings. The molecule has 15 nitrogen and oxygen atoms in total. The maximum atomic E-state index is 16.5. The molecular weight excluding hydrogens is 905 g/mol. The second kappa shape index (κ2) is 15.8. The van der Waals surface area contributed by atoms with Crippen LogP contribution in [0.1, 0.15) is 122 Å². The Bertz CT molecular complexity index is 3520. The number of aryl methyl sites for hydroxylation is 2. The summed E-state index contributed by atoms with van der Waals surface area (Å²) in [6, 6.07) is 14.0. The van der Waals surface area contributed by atoms with Crippen molar-refractivity contribution in [2.75, 3.05) is 20.2 Å². The van der Waals surface area contributed by atoms with Gasteiger partial charge < -0.3 is 14.2 Å². The van der Waals surface area contributed by atoms with Crippen molar-refractivity contribution in [3.05, 3.63) is 139 Å². The number of H-pyrrole nitrogens is 1. The zero-order valence-electron chi connectivity index (χ0n) is 39.9.